The van der Waals surface area contributed by atoms with Crippen LogP contribution in [0.4, 0.5) is 4.79 Å². The Balaban J connectivity index is 2.00. The lowest BCUT2D eigenvalue weighted by molar-refractivity contribution is -0.141. The fraction of sp³-hybridized carbons (Fsp3) is 0.846. The van der Waals surface area contributed by atoms with Crippen molar-refractivity contribution in [3.8, 4) is 0 Å². The minimum absolute atomic E-state index is 0.0206. The van der Waals surface area contributed by atoms with E-state index in [0.717, 1.165) is 6.42 Å². The molecule has 0 aromatic carbocycles. The molecule has 2 aliphatic rings. The van der Waals surface area contributed by atoms with Crippen molar-refractivity contribution in [2.75, 3.05) is 12.9 Å². The Hall–Kier alpha value is -0.950. The number of carboxylic acids is 1. The molecule has 0 bridgehead atoms. The molecule has 1 saturated heterocycles. The highest BCUT2D eigenvalue weighted by Gasteiger charge is 2.50. The third-order valence-electron chi connectivity index (χ3n) is 4.50. The summed E-state index contributed by atoms with van der Waals surface area (Å²) < 4.78 is 5.36. The van der Waals surface area contributed by atoms with Crippen LogP contribution in [-0.4, -0.2) is 58.4 Å². The van der Waals surface area contributed by atoms with Crippen LogP contribution in [0.3, 0.4) is 0 Å². The molecule has 0 radical (unpaired) electrons. The van der Waals surface area contributed by atoms with Crippen molar-refractivity contribution in [3.05, 3.63) is 0 Å². The van der Waals surface area contributed by atoms with Crippen LogP contribution in [0.5, 0.6) is 0 Å². The number of carbonyl (C=O) groups is 2. The summed E-state index contributed by atoms with van der Waals surface area (Å²) in [5.74, 6) is -0.502. The van der Waals surface area contributed by atoms with E-state index in [1.165, 1.54) is 16.7 Å². The monoisotopic (exact) mass is 302 g/mol. The fourth-order valence-electron chi connectivity index (χ4n) is 2.90. The number of rotatable bonds is 3. The van der Waals surface area contributed by atoms with Crippen LogP contribution in [0.1, 0.15) is 27.2 Å². The van der Waals surface area contributed by atoms with E-state index in [1.807, 2.05) is 20.8 Å². The van der Waals surface area contributed by atoms with Gasteiger partial charge in [0.25, 0.3) is 0 Å². The largest absolute Gasteiger partial charge is 0.480 e. The van der Waals surface area contributed by atoms with Crippen molar-refractivity contribution in [2.45, 2.75) is 50.8 Å². The number of aliphatic carboxylic acids is 1. The second-order valence-corrected chi connectivity index (χ2v) is 7.33. The molecule has 1 saturated carbocycles. The van der Waals surface area contributed by atoms with Gasteiger partial charge in [0.1, 0.15) is 6.04 Å². The summed E-state index contributed by atoms with van der Waals surface area (Å²) in [4.78, 5) is 25.0. The number of carboxylic acid groups (broad SMARTS) is 1. The quantitative estimate of drug-likeness (QED) is 0.823. The first kappa shape index (κ1) is 15.4. The van der Waals surface area contributed by atoms with Crippen LogP contribution in [0.15, 0.2) is 0 Å². The number of hydrogen-bond donors (Lipinski definition) is 2. The van der Waals surface area contributed by atoms with E-state index < -0.39 is 12.0 Å². The summed E-state index contributed by atoms with van der Waals surface area (Å²) in [7, 11) is 1.67. The molecule has 1 heterocycles. The van der Waals surface area contributed by atoms with Gasteiger partial charge in [0, 0.05) is 24.3 Å². The van der Waals surface area contributed by atoms with Gasteiger partial charge in [0.2, 0.25) is 0 Å². The molecule has 0 spiro atoms. The second kappa shape index (κ2) is 5.44. The average Bonchev–Trinajstić information content (AvgIpc) is 2.75. The highest BCUT2D eigenvalue weighted by molar-refractivity contribution is 8.00. The van der Waals surface area contributed by atoms with Gasteiger partial charge < -0.3 is 15.2 Å². The molecule has 7 heteroatoms. The summed E-state index contributed by atoms with van der Waals surface area (Å²) in [6.45, 7) is 5.95. The topological polar surface area (TPSA) is 78.9 Å². The first-order valence-corrected chi connectivity index (χ1v) is 7.80. The first-order valence-electron chi connectivity index (χ1n) is 6.75. The van der Waals surface area contributed by atoms with Crippen molar-refractivity contribution in [1.82, 2.24) is 10.2 Å². The SMILES string of the molecule is COC1CC(NC(=O)N2C(C)SCC2C(=O)O)C1(C)C. The number of ether oxygens (including phenoxy) is 1. The van der Waals surface area contributed by atoms with Crippen molar-refractivity contribution in [2.24, 2.45) is 5.41 Å². The molecule has 2 amide bonds. The van der Waals surface area contributed by atoms with Crippen molar-refractivity contribution >= 4 is 23.8 Å². The van der Waals surface area contributed by atoms with E-state index in [2.05, 4.69) is 5.32 Å². The molecule has 114 valence electrons. The molecule has 4 unspecified atom stereocenters. The van der Waals surface area contributed by atoms with Crippen molar-refractivity contribution in [1.29, 1.82) is 0 Å². The van der Waals surface area contributed by atoms with Gasteiger partial charge in [-0.2, -0.15) is 0 Å². The van der Waals surface area contributed by atoms with Crippen LogP contribution in [0.2, 0.25) is 0 Å². The van der Waals surface area contributed by atoms with E-state index in [0.29, 0.717) is 5.75 Å². The highest BCUT2D eigenvalue weighted by Crippen LogP contribution is 2.42. The molecule has 6 nitrogen and oxygen atoms in total. The number of nitrogens with one attached hydrogen (secondary N) is 1. The van der Waals surface area contributed by atoms with E-state index in [1.54, 1.807) is 7.11 Å². The third kappa shape index (κ3) is 2.48. The molecule has 20 heavy (non-hydrogen) atoms. The van der Waals surface area contributed by atoms with Gasteiger partial charge in [-0.25, -0.2) is 9.59 Å². The molecular weight excluding hydrogens is 280 g/mol. The van der Waals surface area contributed by atoms with Crippen LogP contribution in [0.25, 0.3) is 0 Å². The molecule has 0 aromatic heterocycles. The van der Waals surface area contributed by atoms with Crippen molar-refractivity contribution < 1.29 is 19.4 Å². The molecular formula is C13H22N2O4S. The van der Waals surface area contributed by atoms with Crippen LogP contribution in [-0.2, 0) is 9.53 Å². The van der Waals surface area contributed by atoms with Gasteiger partial charge in [0.05, 0.1) is 11.5 Å². The predicted molar refractivity (Wildman–Crippen MR) is 76.7 cm³/mol. The van der Waals surface area contributed by atoms with Crippen LogP contribution >= 0.6 is 11.8 Å². The number of carbonyl (C=O) groups excluding carboxylic acids is 1. The Bertz CT molecular complexity index is 415. The lowest BCUT2D eigenvalue weighted by atomic mass is 9.64. The van der Waals surface area contributed by atoms with Gasteiger partial charge in [0.15, 0.2) is 0 Å². The Kier molecular flexibility index (Phi) is 4.20. The molecule has 1 aliphatic carbocycles. The lowest BCUT2D eigenvalue weighted by Crippen LogP contribution is -2.64. The van der Waals surface area contributed by atoms with Gasteiger partial charge >= 0.3 is 12.0 Å². The zero-order chi connectivity index (χ0) is 15.1. The zero-order valence-electron chi connectivity index (χ0n) is 12.3. The molecule has 1 aliphatic heterocycles. The number of nitrogens with zero attached hydrogens (tertiary/aromatic N) is 1. The smallest absolute Gasteiger partial charge is 0.327 e. The van der Waals surface area contributed by atoms with Crippen LogP contribution in [0, 0.1) is 5.41 Å². The van der Waals surface area contributed by atoms with E-state index in [-0.39, 0.29) is 29.0 Å². The van der Waals surface area contributed by atoms with Crippen LogP contribution < -0.4 is 5.32 Å². The first-order chi connectivity index (χ1) is 9.28. The molecule has 2 rings (SSSR count). The van der Waals surface area contributed by atoms with Crippen molar-refractivity contribution in [3.63, 3.8) is 0 Å². The average molecular weight is 302 g/mol. The summed E-state index contributed by atoms with van der Waals surface area (Å²) in [5, 5.41) is 12.0. The maximum absolute atomic E-state index is 12.4. The minimum Gasteiger partial charge on any atom is -0.480 e. The highest BCUT2D eigenvalue weighted by atomic mass is 32.2. The fourth-order valence-corrected chi connectivity index (χ4v) is 4.06. The molecule has 2 fully saturated rings. The van der Waals surface area contributed by atoms with Gasteiger partial charge in [-0.1, -0.05) is 13.8 Å². The lowest BCUT2D eigenvalue weighted by Gasteiger charge is -2.51. The normalized spacial score (nSPS) is 35.5. The summed E-state index contributed by atoms with van der Waals surface area (Å²) in [6, 6.07) is -1.01. The van der Waals surface area contributed by atoms with Gasteiger partial charge in [-0.3, -0.25) is 4.90 Å². The Morgan fingerprint density at radius 2 is 2.10 bits per heavy atom. The number of amides is 2. The Labute approximate surface area is 123 Å². The summed E-state index contributed by atoms with van der Waals surface area (Å²) >= 11 is 1.49. The number of thioether (sulfide) groups is 1. The summed E-state index contributed by atoms with van der Waals surface area (Å²) in [6.07, 6.45) is 0.899. The number of hydrogen-bond acceptors (Lipinski definition) is 4. The molecule has 4 atom stereocenters. The van der Waals surface area contributed by atoms with E-state index >= 15 is 0 Å². The number of methoxy groups -OCH3 is 1. The maximum Gasteiger partial charge on any atom is 0.327 e. The standard InChI is InChI=1S/C13H22N2O4S/c1-7-15(8(6-20-7)11(16)17)12(18)14-9-5-10(19-4)13(9,2)3/h7-10H,5-6H2,1-4H3,(H,14,18)(H,16,17). The van der Waals surface area contributed by atoms with Gasteiger partial charge in [-0.15, -0.1) is 11.8 Å². The predicted octanol–water partition coefficient (Wildman–Crippen LogP) is 1.36. The third-order valence-corrected chi connectivity index (χ3v) is 5.72. The maximum atomic E-state index is 12.4. The second-order valence-electron chi connectivity index (χ2n) is 5.98. The molecule has 0 aromatic rings. The van der Waals surface area contributed by atoms with E-state index in [4.69, 9.17) is 4.74 Å². The summed E-state index contributed by atoms with van der Waals surface area (Å²) in [5.41, 5.74) is -0.126. The Morgan fingerprint density at radius 3 is 2.60 bits per heavy atom. The molecule has 2 N–H and O–H groups in total. The van der Waals surface area contributed by atoms with E-state index in [9.17, 15) is 14.7 Å². The van der Waals surface area contributed by atoms with Gasteiger partial charge in [-0.05, 0) is 13.3 Å². The minimum atomic E-state index is -0.945. The Morgan fingerprint density at radius 1 is 1.45 bits per heavy atom. The number of urea groups is 1. The zero-order valence-corrected chi connectivity index (χ0v) is 13.1.